The fraction of sp³-hybridized carbons (Fsp3) is 0.200. The summed E-state index contributed by atoms with van der Waals surface area (Å²) in [4.78, 5) is 0. The van der Waals surface area contributed by atoms with Crippen molar-refractivity contribution < 1.29 is 9.50 Å². The van der Waals surface area contributed by atoms with Crippen molar-refractivity contribution in [3.05, 3.63) is 35.9 Å². The molecule has 0 aliphatic carbocycles. The van der Waals surface area contributed by atoms with Crippen molar-refractivity contribution >= 4 is 0 Å². The third-order valence-electron chi connectivity index (χ3n) is 1.58. The average Bonchev–Trinajstić information content (AvgIpc) is 2.17. The van der Waals surface area contributed by atoms with E-state index in [-0.39, 0.29) is 0 Å². The Morgan fingerprint density at radius 3 is 2.42 bits per heavy atom. The molecule has 0 saturated heterocycles. The van der Waals surface area contributed by atoms with Gasteiger partial charge in [0.1, 0.15) is 6.10 Å². The van der Waals surface area contributed by atoms with Crippen LogP contribution in [0, 0.1) is 12.3 Å². The smallest absolute Gasteiger partial charge is 0.190 e. The van der Waals surface area contributed by atoms with Crippen molar-refractivity contribution in [3.63, 3.8) is 0 Å². The number of rotatable bonds is 2. The zero-order valence-corrected chi connectivity index (χ0v) is 6.44. The van der Waals surface area contributed by atoms with Crippen LogP contribution in [0.1, 0.15) is 11.7 Å². The monoisotopic (exact) mass is 164 g/mol. The van der Waals surface area contributed by atoms with Crippen LogP contribution >= 0.6 is 0 Å². The Morgan fingerprint density at radius 2 is 1.92 bits per heavy atom. The molecule has 0 radical (unpaired) electrons. The molecule has 1 aromatic carbocycles. The number of hydrogen-bond acceptors (Lipinski definition) is 1. The lowest BCUT2D eigenvalue weighted by atomic mass is 10.1. The van der Waals surface area contributed by atoms with Crippen LogP contribution in [0.15, 0.2) is 30.3 Å². The maximum atomic E-state index is 12.7. The van der Waals surface area contributed by atoms with Gasteiger partial charge in [-0.3, -0.25) is 0 Å². The summed E-state index contributed by atoms with van der Waals surface area (Å²) >= 11 is 0. The maximum Gasteiger partial charge on any atom is 0.190 e. The third kappa shape index (κ3) is 1.84. The van der Waals surface area contributed by atoms with Crippen molar-refractivity contribution in [1.82, 2.24) is 0 Å². The van der Waals surface area contributed by atoms with Crippen LogP contribution in [0.25, 0.3) is 0 Å². The highest BCUT2D eigenvalue weighted by Gasteiger charge is 2.16. The van der Waals surface area contributed by atoms with Crippen LogP contribution in [0.5, 0.6) is 0 Å². The van der Waals surface area contributed by atoms with Gasteiger partial charge in [0.2, 0.25) is 0 Å². The summed E-state index contributed by atoms with van der Waals surface area (Å²) in [5, 5.41) is 9.27. The second-order valence-corrected chi connectivity index (χ2v) is 2.42. The van der Waals surface area contributed by atoms with Gasteiger partial charge in [0, 0.05) is 0 Å². The predicted molar refractivity (Wildman–Crippen MR) is 45.1 cm³/mol. The lowest BCUT2D eigenvalue weighted by molar-refractivity contribution is 0.108. The number of aliphatic hydroxyl groups excluding tert-OH is 1. The molecule has 0 aliphatic heterocycles. The van der Waals surface area contributed by atoms with Gasteiger partial charge in [-0.25, -0.2) is 4.39 Å². The summed E-state index contributed by atoms with van der Waals surface area (Å²) in [5.74, 6) is 1.85. The minimum Gasteiger partial charge on any atom is -0.384 e. The summed E-state index contributed by atoms with van der Waals surface area (Å²) in [6, 6.07) is 8.51. The molecule has 2 heteroatoms. The Morgan fingerprint density at radius 1 is 1.33 bits per heavy atom. The first-order valence-corrected chi connectivity index (χ1v) is 3.59. The summed E-state index contributed by atoms with van der Waals surface area (Å²) in [6.45, 7) is 0. The van der Waals surface area contributed by atoms with Crippen molar-refractivity contribution in [2.75, 3.05) is 0 Å². The number of alkyl halides is 1. The molecular formula is C10H9FO. The quantitative estimate of drug-likeness (QED) is 0.659. The number of benzene rings is 1. The van der Waals surface area contributed by atoms with Gasteiger partial charge in [-0.2, -0.15) is 0 Å². The first-order chi connectivity index (χ1) is 5.75. The Hall–Kier alpha value is -1.33. The number of aliphatic hydroxyl groups is 1. The molecule has 0 fully saturated rings. The van der Waals surface area contributed by atoms with Gasteiger partial charge in [-0.1, -0.05) is 36.3 Å². The van der Waals surface area contributed by atoms with Crippen molar-refractivity contribution in [2.45, 2.75) is 12.3 Å². The second kappa shape index (κ2) is 3.89. The summed E-state index contributed by atoms with van der Waals surface area (Å²) in [5.41, 5.74) is 0.503. The van der Waals surface area contributed by atoms with E-state index in [1.807, 2.05) is 5.92 Å². The van der Waals surface area contributed by atoms with Crippen molar-refractivity contribution in [3.8, 4) is 12.3 Å². The normalized spacial score (nSPS) is 14.8. The van der Waals surface area contributed by atoms with E-state index in [4.69, 9.17) is 6.42 Å². The fourth-order valence-electron chi connectivity index (χ4n) is 0.910. The van der Waals surface area contributed by atoms with Crippen LogP contribution in [0.2, 0.25) is 0 Å². The highest BCUT2D eigenvalue weighted by atomic mass is 19.1. The molecule has 1 nitrogen and oxygen atoms in total. The minimum atomic E-state index is -1.63. The maximum absolute atomic E-state index is 12.7. The van der Waals surface area contributed by atoms with E-state index in [0.717, 1.165) is 0 Å². The Balaban J connectivity index is 2.80. The molecule has 0 saturated carbocycles. The van der Waals surface area contributed by atoms with E-state index >= 15 is 0 Å². The second-order valence-electron chi connectivity index (χ2n) is 2.42. The van der Waals surface area contributed by atoms with Gasteiger partial charge in [0.05, 0.1) is 0 Å². The summed E-state index contributed by atoms with van der Waals surface area (Å²) in [6.07, 6.45) is 1.98. The molecule has 0 aliphatic rings. The first-order valence-electron chi connectivity index (χ1n) is 3.59. The molecular weight excluding hydrogens is 155 g/mol. The molecule has 2 atom stereocenters. The summed E-state index contributed by atoms with van der Waals surface area (Å²) < 4.78 is 12.7. The number of halogens is 1. The van der Waals surface area contributed by atoms with E-state index in [2.05, 4.69) is 0 Å². The standard InChI is InChI=1S/C10H9FO/c1-2-9(11)10(12)8-6-4-3-5-7-8/h1,3-7,9-10,12H/t9-,10-/m0/s1. The van der Waals surface area contributed by atoms with E-state index in [1.165, 1.54) is 0 Å². The van der Waals surface area contributed by atoms with E-state index in [9.17, 15) is 9.50 Å². The largest absolute Gasteiger partial charge is 0.384 e. The molecule has 0 heterocycles. The highest BCUT2D eigenvalue weighted by molar-refractivity contribution is 5.20. The average molecular weight is 164 g/mol. The first kappa shape index (κ1) is 8.76. The zero-order chi connectivity index (χ0) is 8.97. The molecule has 1 N–H and O–H groups in total. The molecule has 0 unspecified atom stereocenters. The van der Waals surface area contributed by atoms with Crippen LogP contribution in [-0.4, -0.2) is 11.3 Å². The van der Waals surface area contributed by atoms with Gasteiger partial charge < -0.3 is 5.11 Å². The van der Waals surface area contributed by atoms with E-state index < -0.39 is 12.3 Å². The third-order valence-corrected chi connectivity index (χ3v) is 1.58. The predicted octanol–water partition coefficient (Wildman–Crippen LogP) is 1.69. The molecule has 1 rings (SSSR count). The molecule has 0 amide bonds. The molecule has 1 aromatic rings. The van der Waals surface area contributed by atoms with Crippen LogP contribution in [0.3, 0.4) is 0 Å². The minimum absolute atomic E-state index is 0.503. The van der Waals surface area contributed by atoms with Crippen molar-refractivity contribution in [1.29, 1.82) is 0 Å². The van der Waals surface area contributed by atoms with E-state index in [1.54, 1.807) is 30.3 Å². The Labute approximate surface area is 70.9 Å². The number of hydrogen-bond donors (Lipinski definition) is 1. The Kier molecular flexibility index (Phi) is 2.84. The highest BCUT2D eigenvalue weighted by Crippen LogP contribution is 2.17. The zero-order valence-electron chi connectivity index (χ0n) is 6.44. The molecule has 0 aromatic heterocycles. The molecule has 62 valence electrons. The molecule has 0 bridgehead atoms. The Bertz CT molecular complexity index is 276. The van der Waals surface area contributed by atoms with Gasteiger partial charge in [-0.05, 0) is 5.56 Å². The summed E-state index contributed by atoms with van der Waals surface area (Å²) in [7, 11) is 0. The van der Waals surface area contributed by atoms with Crippen LogP contribution < -0.4 is 0 Å². The van der Waals surface area contributed by atoms with Gasteiger partial charge >= 0.3 is 0 Å². The van der Waals surface area contributed by atoms with E-state index in [0.29, 0.717) is 5.56 Å². The van der Waals surface area contributed by atoms with Crippen molar-refractivity contribution in [2.24, 2.45) is 0 Å². The van der Waals surface area contributed by atoms with Crippen LogP contribution in [-0.2, 0) is 0 Å². The SMILES string of the molecule is C#C[C@H](F)[C@@H](O)c1ccccc1. The van der Waals surface area contributed by atoms with Gasteiger partial charge in [-0.15, -0.1) is 6.42 Å². The van der Waals surface area contributed by atoms with Crippen LogP contribution in [0.4, 0.5) is 4.39 Å². The van der Waals surface area contributed by atoms with Gasteiger partial charge in [0.15, 0.2) is 6.17 Å². The lowest BCUT2D eigenvalue weighted by Gasteiger charge is -2.10. The fourth-order valence-corrected chi connectivity index (χ4v) is 0.910. The topological polar surface area (TPSA) is 20.2 Å². The lowest BCUT2D eigenvalue weighted by Crippen LogP contribution is -2.10. The van der Waals surface area contributed by atoms with Gasteiger partial charge in [0.25, 0.3) is 0 Å². The number of terminal acetylenes is 1. The molecule has 12 heavy (non-hydrogen) atoms. The molecule has 0 spiro atoms.